The van der Waals surface area contributed by atoms with Gasteiger partial charge in [0.1, 0.15) is 5.82 Å². The molecule has 1 aliphatic rings. The van der Waals surface area contributed by atoms with Gasteiger partial charge >= 0.3 is 5.97 Å². The second kappa shape index (κ2) is 6.47. The number of halogens is 1. The van der Waals surface area contributed by atoms with Gasteiger partial charge in [-0.25, -0.2) is 9.18 Å². The molecule has 2 rings (SSSR count). The van der Waals surface area contributed by atoms with Crippen LogP contribution in [0.25, 0.3) is 0 Å². The van der Waals surface area contributed by atoms with E-state index in [0.717, 1.165) is 6.07 Å². The summed E-state index contributed by atoms with van der Waals surface area (Å²) in [6.45, 7) is 0.613. The number of methoxy groups -OCH3 is 1. The van der Waals surface area contributed by atoms with Gasteiger partial charge in [-0.05, 0) is 31.0 Å². The SMILES string of the molecule is COC(=O)c1cc(NC(=O)CCNC2CC2)ccc1F. The molecule has 5 nitrogen and oxygen atoms in total. The molecule has 1 aliphatic carbocycles. The van der Waals surface area contributed by atoms with E-state index in [-0.39, 0.29) is 11.5 Å². The first-order valence-corrected chi connectivity index (χ1v) is 6.51. The molecule has 1 saturated carbocycles. The Hall–Kier alpha value is -1.95. The lowest BCUT2D eigenvalue weighted by Gasteiger charge is -2.08. The van der Waals surface area contributed by atoms with Crippen LogP contribution in [0, 0.1) is 5.82 Å². The maximum absolute atomic E-state index is 13.4. The lowest BCUT2D eigenvalue weighted by atomic mass is 10.2. The summed E-state index contributed by atoms with van der Waals surface area (Å²) in [4.78, 5) is 23.0. The number of anilines is 1. The van der Waals surface area contributed by atoms with Crippen molar-refractivity contribution in [1.82, 2.24) is 5.32 Å². The van der Waals surface area contributed by atoms with Gasteiger partial charge in [-0.1, -0.05) is 0 Å². The summed E-state index contributed by atoms with van der Waals surface area (Å²) in [5, 5.41) is 5.86. The van der Waals surface area contributed by atoms with E-state index in [4.69, 9.17) is 0 Å². The fourth-order valence-electron chi connectivity index (χ4n) is 1.77. The van der Waals surface area contributed by atoms with Crippen LogP contribution in [0.15, 0.2) is 18.2 Å². The number of benzene rings is 1. The zero-order chi connectivity index (χ0) is 14.5. The van der Waals surface area contributed by atoms with Crippen molar-refractivity contribution in [2.75, 3.05) is 19.0 Å². The van der Waals surface area contributed by atoms with Gasteiger partial charge in [0.25, 0.3) is 0 Å². The largest absolute Gasteiger partial charge is 0.465 e. The van der Waals surface area contributed by atoms with Crippen molar-refractivity contribution in [2.24, 2.45) is 0 Å². The third kappa shape index (κ3) is 4.03. The Morgan fingerprint density at radius 2 is 2.15 bits per heavy atom. The molecule has 1 aromatic carbocycles. The Bertz CT molecular complexity index is 515. The molecule has 0 aliphatic heterocycles. The molecule has 0 saturated heterocycles. The predicted molar refractivity (Wildman–Crippen MR) is 72.0 cm³/mol. The van der Waals surface area contributed by atoms with E-state index < -0.39 is 11.8 Å². The molecule has 6 heteroatoms. The van der Waals surface area contributed by atoms with E-state index in [0.29, 0.717) is 24.7 Å². The van der Waals surface area contributed by atoms with Gasteiger partial charge in [-0.3, -0.25) is 4.79 Å². The van der Waals surface area contributed by atoms with Gasteiger partial charge in [0, 0.05) is 24.7 Å². The minimum Gasteiger partial charge on any atom is -0.465 e. The van der Waals surface area contributed by atoms with Crippen molar-refractivity contribution >= 4 is 17.6 Å². The standard InChI is InChI=1S/C14H17FN2O3/c1-20-14(19)11-8-10(4-5-12(11)15)17-13(18)6-7-16-9-2-3-9/h4-5,8-9,16H,2-3,6-7H2,1H3,(H,17,18). The van der Waals surface area contributed by atoms with Crippen LogP contribution in [-0.2, 0) is 9.53 Å². The first-order valence-electron chi connectivity index (χ1n) is 6.51. The number of carbonyl (C=O) groups is 2. The highest BCUT2D eigenvalue weighted by atomic mass is 19.1. The van der Waals surface area contributed by atoms with Crippen LogP contribution in [0.1, 0.15) is 29.6 Å². The molecule has 0 spiro atoms. The molecule has 1 amide bonds. The molecule has 20 heavy (non-hydrogen) atoms. The molecule has 108 valence electrons. The van der Waals surface area contributed by atoms with Crippen LogP contribution in [0.4, 0.5) is 10.1 Å². The lowest BCUT2D eigenvalue weighted by molar-refractivity contribution is -0.116. The summed E-state index contributed by atoms with van der Waals surface area (Å²) < 4.78 is 17.9. The number of hydrogen-bond acceptors (Lipinski definition) is 4. The van der Waals surface area contributed by atoms with E-state index in [1.54, 1.807) is 0 Å². The molecule has 0 atom stereocenters. The summed E-state index contributed by atoms with van der Waals surface area (Å²) >= 11 is 0. The Labute approximate surface area is 116 Å². The monoisotopic (exact) mass is 280 g/mol. The highest BCUT2D eigenvalue weighted by molar-refractivity contribution is 5.94. The highest BCUT2D eigenvalue weighted by Gasteiger charge is 2.20. The van der Waals surface area contributed by atoms with Crippen molar-refractivity contribution in [2.45, 2.75) is 25.3 Å². The van der Waals surface area contributed by atoms with Crippen molar-refractivity contribution in [1.29, 1.82) is 0 Å². The first-order chi connectivity index (χ1) is 9.60. The Kier molecular flexibility index (Phi) is 4.68. The summed E-state index contributed by atoms with van der Waals surface area (Å²) in [6, 6.07) is 4.37. The van der Waals surface area contributed by atoms with Crippen LogP contribution in [0.3, 0.4) is 0 Å². The van der Waals surface area contributed by atoms with Crippen molar-refractivity contribution in [3.63, 3.8) is 0 Å². The number of amides is 1. The molecule has 2 N–H and O–H groups in total. The zero-order valence-corrected chi connectivity index (χ0v) is 11.2. The number of hydrogen-bond donors (Lipinski definition) is 2. The number of esters is 1. The van der Waals surface area contributed by atoms with Crippen LogP contribution in [0.5, 0.6) is 0 Å². The second-order valence-corrected chi connectivity index (χ2v) is 4.71. The minimum absolute atomic E-state index is 0.180. The third-order valence-electron chi connectivity index (χ3n) is 3.02. The average molecular weight is 280 g/mol. The average Bonchev–Trinajstić information content (AvgIpc) is 3.24. The van der Waals surface area contributed by atoms with Crippen LogP contribution in [0.2, 0.25) is 0 Å². The van der Waals surface area contributed by atoms with Crippen molar-refractivity contribution in [3.05, 3.63) is 29.6 Å². The normalized spacial score (nSPS) is 13.9. The number of nitrogens with one attached hydrogen (secondary N) is 2. The summed E-state index contributed by atoms with van der Waals surface area (Å²) in [7, 11) is 1.18. The summed E-state index contributed by atoms with van der Waals surface area (Å²) in [6.07, 6.45) is 2.67. The Balaban J connectivity index is 1.90. The quantitative estimate of drug-likeness (QED) is 0.778. The predicted octanol–water partition coefficient (Wildman–Crippen LogP) is 1.69. The van der Waals surface area contributed by atoms with E-state index in [1.165, 1.54) is 32.1 Å². The van der Waals surface area contributed by atoms with E-state index in [1.807, 2.05) is 0 Å². The molecule has 0 radical (unpaired) electrons. The molecule has 0 unspecified atom stereocenters. The van der Waals surface area contributed by atoms with Gasteiger partial charge in [0.15, 0.2) is 0 Å². The van der Waals surface area contributed by atoms with Crippen molar-refractivity contribution in [3.8, 4) is 0 Å². The fraction of sp³-hybridized carbons (Fsp3) is 0.429. The third-order valence-corrected chi connectivity index (χ3v) is 3.02. The lowest BCUT2D eigenvalue weighted by Crippen LogP contribution is -2.23. The van der Waals surface area contributed by atoms with E-state index >= 15 is 0 Å². The number of rotatable bonds is 6. The molecule has 1 aromatic rings. The first kappa shape index (κ1) is 14.5. The van der Waals surface area contributed by atoms with Crippen LogP contribution in [-0.4, -0.2) is 31.6 Å². The maximum atomic E-state index is 13.4. The summed E-state index contributed by atoms with van der Waals surface area (Å²) in [5.74, 6) is -1.63. The Morgan fingerprint density at radius 1 is 1.40 bits per heavy atom. The van der Waals surface area contributed by atoms with Gasteiger partial charge in [0.05, 0.1) is 12.7 Å². The van der Waals surface area contributed by atoms with Gasteiger partial charge in [-0.2, -0.15) is 0 Å². The van der Waals surface area contributed by atoms with E-state index in [9.17, 15) is 14.0 Å². The highest BCUT2D eigenvalue weighted by Crippen LogP contribution is 2.18. The van der Waals surface area contributed by atoms with Gasteiger partial charge in [0.2, 0.25) is 5.91 Å². The maximum Gasteiger partial charge on any atom is 0.340 e. The summed E-state index contributed by atoms with van der Waals surface area (Å²) in [5.41, 5.74) is 0.185. The minimum atomic E-state index is -0.769. The smallest absolute Gasteiger partial charge is 0.340 e. The second-order valence-electron chi connectivity index (χ2n) is 4.71. The molecule has 0 heterocycles. The molecular formula is C14H17FN2O3. The van der Waals surface area contributed by atoms with Crippen LogP contribution >= 0.6 is 0 Å². The van der Waals surface area contributed by atoms with Gasteiger partial charge < -0.3 is 15.4 Å². The Morgan fingerprint density at radius 3 is 2.80 bits per heavy atom. The number of ether oxygens (including phenoxy) is 1. The molecule has 0 aromatic heterocycles. The topological polar surface area (TPSA) is 67.4 Å². The molecular weight excluding hydrogens is 263 g/mol. The van der Waals surface area contributed by atoms with Crippen molar-refractivity contribution < 1.29 is 18.7 Å². The van der Waals surface area contributed by atoms with Gasteiger partial charge in [-0.15, -0.1) is 0 Å². The van der Waals surface area contributed by atoms with E-state index in [2.05, 4.69) is 15.4 Å². The molecule has 0 bridgehead atoms. The molecule has 1 fully saturated rings. The fourth-order valence-corrected chi connectivity index (χ4v) is 1.77. The van der Waals surface area contributed by atoms with Crippen LogP contribution < -0.4 is 10.6 Å². The zero-order valence-electron chi connectivity index (χ0n) is 11.2. The number of carbonyl (C=O) groups excluding carboxylic acids is 2.